The number of aliphatic hydroxyl groups excluding tert-OH is 1. The number of anilines is 1. The van der Waals surface area contributed by atoms with Crippen LogP contribution in [0.5, 0.6) is 0 Å². The van der Waals surface area contributed by atoms with Crippen molar-refractivity contribution in [1.29, 1.82) is 0 Å². The van der Waals surface area contributed by atoms with E-state index in [0.717, 1.165) is 68.2 Å². The van der Waals surface area contributed by atoms with Gasteiger partial charge in [-0.15, -0.1) is 11.3 Å². The number of rotatable bonds is 5. The van der Waals surface area contributed by atoms with E-state index in [0.29, 0.717) is 37.7 Å². The third-order valence-electron chi connectivity index (χ3n) is 8.32. The van der Waals surface area contributed by atoms with Crippen molar-refractivity contribution < 1.29 is 29.3 Å². The number of amides is 1. The summed E-state index contributed by atoms with van der Waals surface area (Å²) in [5.74, 6) is -0.955. The van der Waals surface area contributed by atoms with E-state index < -0.39 is 17.9 Å². The topological polar surface area (TPSA) is 96.3 Å². The average Bonchev–Trinajstić information content (AvgIpc) is 3.48. The lowest BCUT2D eigenvalue weighted by Gasteiger charge is -2.39. The molecule has 2 atom stereocenters. The lowest BCUT2D eigenvalue weighted by Crippen LogP contribution is -2.47. The second kappa shape index (κ2) is 10.3. The molecular formula is C27H37NO6S. The van der Waals surface area contributed by atoms with Crippen molar-refractivity contribution in [3.05, 3.63) is 21.9 Å². The fourth-order valence-corrected chi connectivity index (χ4v) is 7.29. The van der Waals surface area contributed by atoms with E-state index in [1.165, 1.54) is 11.3 Å². The highest BCUT2D eigenvalue weighted by molar-refractivity contribution is 7.15. The molecule has 1 spiro atoms. The minimum atomic E-state index is -1.00. The zero-order valence-electron chi connectivity index (χ0n) is 20.5. The Hall–Kier alpha value is -1.74. The predicted octanol–water partition coefficient (Wildman–Crippen LogP) is 5.22. The number of ether oxygens (including phenoxy) is 2. The van der Waals surface area contributed by atoms with Crippen LogP contribution in [0.2, 0.25) is 0 Å². The molecule has 2 N–H and O–H groups in total. The van der Waals surface area contributed by atoms with Gasteiger partial charge in [0, 0.05) is 29.7 Å². The number of aromatic carboxylic acids is 1. The number of aliphatic hydroxyl groups is 1. The molecule has 192 valence electrons. The minimum Gasteiger partial charge on any atom is -0.477 e. The number of allylic oxidation sites excluding steroid dienone is 1. The molecule has 5 rings (SSSR count). The van der Waals surface area contributed by atoms with E-state index in [2.05, 4.69) is 13.0 Å². The predicted molar refractivity (Wildman–Crippen MR) is 135 cm³/mol. The number of hydrogen-bond acceptors (Lipinski definition) is 6. The summed E-state index contributed by atoms with van der Waals surface area (Å²) < 4.78 is 11.7. The van der Waals surface area contributed by atoms with Crippen molar-refractivity contribution in [2.75, 3.05) is 18.1 Å². The molecule has 2 saturated carbocycles. The number of carbonyl (C=O) groups is 2. The fourth-order valence-electron chi connectivity index (χ4n) is 6.24. The van der Waals surface area contributed by atoms with Crippen LogP contribution in [-0.2, 0) is 14.3 Å². The Morgan fingerprint density at radius 1 is 1.11 bits per heavy atom. The fraction of sp³-hybridized carbons (Fsp3) is 0.704. The van der Waals surface area contributed by atoms with Crippen LogP contribution in [0.15, 0.2) is 12.1 Å². The molecule has 0 bridgehead atoms. The van der Waals surface area contributed by atoms with Crippen molar-refractivity contribution in [3.8, 4) is 0 Å². The molecular weight excluding hydrogens is 466 g/mol. The summed E-state index contributed by atoms with van der Waals surface area (Å²) in [7, 11) is 0. The van der Waals surface area contributed by atoms with Crippen molar-refractivity contribution in [2.45, 2.75) is 95.5 Å². The molecule has 1 amide bonds. The number of hydrogen-bond donors (Lipinski definition) is 2. The van der Waals surface area contributed by atoms with E-state index in [1.807, 2.05) is 6.07 Å². The Morgan fingerprint density at radius 3 is 2.49 bits per heavy atom. The van der Waals surface area contributed by atoms with E-state index in [9.17, 15) is 19.8 Å². The number of carboxylic acids is 1. The first-order valence-corrected chi connectivity index (χ1v) is 14.0. The molecule has 8 heteroatoms. The highest BCUT2D eigenvalue weighted by Gasteiger charge is 2.40. The molecule has 3 fully saturated rings. The Kier molecular flexibility index (Phi) is 7.35. The van der Waals surface area contributed by atoms with Crippen molar-refractivity contribution in [2.24, 2.45) is 11.8 Å². The van der Waals surface area contributed by atoms with E-state index in [4.69, 9.17) is 9.47 Å². The van der Waals surface area contributed by atoms with Gasteiger partial charge < -0.3 is 24.6 Å². The highest BCUT2D eigenvalue weighted by Crippen LogP contribution is 2.44. The Morgan fingerprint density at radius 2 is 1.86 bits per heavy atom. The summed E-state index contributed by atoms with van der Waals surface area (Å²) in [6.07, 6.45) is 10.4. The lowest BCUT2D eigenvalue weighted by atomic mass is 9.81. The zero-order chi connectivity index (χ0) is 24.6. The van der Waals surface area contributed by atoms with E-state index >= 15 is 0 Å². The average molecular weight is 504 g/mol. The highest BCUT2D eigenvalue weighted by atomic mass is 32.1. The molecule has 0 radical (unpaired) electrons. The zero-order valence-corrected chi connectivity index (χ0v) is 21.4. The number of carbonyl (C=O) groups excluding carboxylic acids is 1. The van der Waals surface area contributed by atoms with Crippen LogP contribution in [0.25, 0.3) is 5.57 Å². The summed E-state index contributed by atoms with van der Waals surface area (Å²) in [4.78, 5) is 29.2. The molecule has 1 saturated heterocycles. The van der Waals surface area contributed by atoms with Crippen LogP contribution in [0.3, 0.4) is 0 Å². The van der Waals surface area contributed by atoms with Crippen LogP contribution in [-0.4, -0.2) is 53.2 Å². The molecule has 2 unspecified atom stereocenters. The largest absolute Gasteiger partial charge is 0.477 e. The van der Waals surface area contributed by atoms with Crippen molar-refractivity contribution in [1.82, 2.24) is 0 Å². The Bertz CT molecular complexity index is 972. The summed E-state index contributed by atoms with van der Waals surface area (Å²) >= 11 is 1.26. The minimum absolute atomic E-state index is 0.0344. The summed E-state index contributed by atoms with van der Waals surface area (Å²) in [6.45, 7) is 3.45. The molecule has 0 aromatic carbocycles. The van der Waals surface area contributed by atoms with E-state index in [-0.39, 0.29) is 22.7 Å². The maximum atomic E-state index is 13.9. The van der Waals surface area contributed by atoms with Gasteiger partial charge in [-0.2, -0.15) is 0 Å². The molecule has 35 heavy (non-hydrogen) atoms. The molecule has 1 aliphatic heterocycles. The molecule has 3 aliphatic carbocycles. The molecule has 2 heterocycles. The van der Waals surface area contributed by atoms with Crippen LogP contribution in [0.4, 0.5) is 5.69 Å². The van der Waals surface area contributed by atoms with Gasteiger partial charge in [0.2, 0.25) is 5.91 Å². The lowest BCUT2D eigenvalue weighted by molar-refractivity contribution is -0.159. The van der Waals surface area contributed by atoms with Crippen LogP contribution < -0.4 is 4.90 Å². The SMILES string of the molecule is CC1CCC(C(=O)N(c2cc(C3=CCC4(CC3)OCCO4)sc2C(=O)O)C2CCCC(O)C2)CC1. The van der Waals surface area contributed by atoms with Gasteiger partial charge in [-0.05, 0) is 75.3 Å². The van der Waals surface area contributed by atoms with Crippen LogP contribution in [0, 0.1) is 11.8 Å². The van der Waals surface area contributed by atoms with Gasteiger partial charge in [0.1, 0.15) is 4.88 Å². The number of nitrogens with zero attached hydrogens (tertiary/aromatic N) is 1. The molecule has 4 aliphatic rings. The van der Waals surface area contributed by atoms with Gasteiger partial charge in [-0.3, -0.25) is 4.79 Å². The third kappa shape index (κ3) is 5.22. The molecule has 7 nitrogen and oxygen atoms in total. The van der Waals surface area contributed by atoms with Gasteiger partial charge in [-0.25, -0.2) is 4.79 Å². The van der Waals surface area contributed by atoms with Crippen molar-refractivity contribution >= 4 is 34.5 Å². The van der Waals surface area contributed by atoms with Crippen LogP contribution in [0.1, 0.15) is 92.1 Å². The normalized spacial score (nSPS) is 30.7. The van der Waals surface area contributed by atoms with Gasteiger partial charge in [0.15, 0.2) is 5.79 Å². The summed E-state index contributed by atoms with van der Waals surface area (Å²) in [6, 6.07) is 1.74. The molecule has 1 aromatic heterocycles. The van der Waals surface area contributed by atoms with Gasteiger partial charge in [0.25, 0.3) is 0 Å². The van der Waals surface area contributed by atoms with Gasteiger partial charge in [-0.1, -0.05) is 13.0 Å². The first-order chi connectivity index (χ1) is 16.8. The second-order valence-electron chi connectivity index (χ2n) is 10.8. The quantitative estimate of drug-likeness (QED) is 0.572. The molecule has 1 aromatic rings. The van der Waals surface area contributed by atoms with E-state index in [1.54, 1.807) is 4.90 Å². The van der Waals surface area contributed by atoms with Crippen LogP contribution >= 0.6 is 11.3 Å². The first kappa shape index (κ1) is 24.9. The first-order valence-electron chi connectivity index (χ1n) is 13.2. The summed E-state index contributed by atoms with van der Waals surface area (Å²) in [5, 5.41) is 20.5. The summed E-state index contributed by atoms with van der Waals surface area (Å²) in [5.41, 5.74) is 1.60. The smallest absolute Gasteiger partial charge is 0.348 e. The second-order valence-corrected chi connectivity index (χ2v) is 11.9. The Balaban J connectivity index is 1.47. The number of thiophene rings is 1. The Labute approximate surface area is 211 Å². The monoisotopic (exact) mass is 503 g/mol. The van der Waals surface area contributed by atoms with Gasteiger partial charge >= 0.3 is 5.97 Å². The maximum Gasteiger partial charge on any atom is 0.348 e. The van der Waals surface area contributed by atoms with Crippen molar-refractivity contribution in [3.63, 3.8) is 0 Å². The standard InChI is InChI=1S/C27H37NO6S/c1-17-5-7-19(8-6-17)25(30)28(20-3-2-4-21(29)15-20)22-16-23(35-24(22)26(31)32)18-9-11-27(12-10-18)33-13-14-34-27/h9,16-17,19-21,29H,2-8,10-15H2,1H3,(H,31,32). The third-order valence-corrected chi connectivity index (χ3v) is 9.51. The van der Waals surface area contributed by atoms with Gasteiger partial charge in [0.05, 0.1) is 25.0 Å². The maximum absolute atomic E-state index is 13.9. The number of carboxylic acid groups (broad SMARTS) is 1.